The van der Waals surface area contributed by atoms with Gasteiger partial charge in [0.15, 0.2) is 11.5 Å². The molecule has 0 radical (unpaired) electrons. The first-order valence-corrected chi connectivity index (χ1v) is 6.67. The van der Waals surface area contributed by atoms with Crippen LogP contribution in [-0.4, -0.2) is 49.3 Å². The molecule has 0 bridgehead atoms. The third kappa shape index (κ3) is 2.35. The van der Waals surface area contributed by atoms with Crippen molar-refractivity contribution >= 4 is 17.5 Å². The Balaban J connectivity index is 1.82. The summed E-state index contributed by atoms with van der Waals surface area (Å²) < 4.78 is 15.9. The molecule has 1 amide bonds. The topological polar surface area (TPSA) is 48.0 Å². The number of carbonyl (C=O) groups excluding carboxylic acids is 1. The number of amides is 1. The summed E-state index contributed by atoms with van der Waals surface area (Å²) in [5, 5.41) is 0. The molecule has 3 rings (SSSR count). The summed E-state index contributed by atoms with van der Waals surface area (Å²) in [7, 11) is 0. The van der Waals surface area contributed by atoms with Crippen molar-refractivity contribution < 1.29 is 19.0 Å². The molecular formula is C13H14ClNO4. The summed E-state index contributed by atoms with van der Waals surface area (Å²) >= 11 is 5.88. The molecule has 0 spiro atoms. The van der Waals surface area contributed by atoms with Gasteiger partial charge in [-0.2, -0.15) is 0 Å². The quantitative estimate of drug-likeness (QED) is 0.772. The van der Waals surface area contributed by atoms with E-state index in [1.54, 1.807) is 23.1 Å². The van der Waals surface area contributed by atoms with Crippen LogP contribution < -0.4 is 9.47 Å². The molecule has 19 heavy (non-hydrogen) atoms. The number of alkyl halides is 1. The van der Waals surface area contributed by atoms with Gasteiger partial charge in [0.1, 0.15) is 0 Å². The minimum atomic E-state index is -0.0756. The predicted octanol–water partition coefficient (Wildman–Crippen LogP) is 1.50. The first-order valence-electron chi connectivity index (χ1n) is 6.14. The van der Waals surface area contributed by atoms with Crippen LogP contribution in [0.2, 0.25) is 0 Å². The molecule has 0 aromatic heterocycles. The van der Waals surface area contributed by atoms with E-state index in [2.05, 4.69) is 0 Å². The van der Waals surface area contributed by atoms with Crippen molar-refractivity contribution in [2.24, 2.45) is 0 Å². The number of carbonyl (C=O) groups is 1. The molecule has 1 aromatic rings. The van der Waals surface area contributed by atoms with Crippen molar-refractivity contribution in [2.75, 3.05) is 32.4 Å². The van der Waals surface area contributed by atoms with Crippen LogP contribution in [0.3, 0.4) is 0 Å². The highest BCUT2D eigenvalue weighted by Crippen LogP contribution is 2.33. The maximum Gasteiger partial charge on any atom is 0.254 e. The number of ether oxygens (including phenoxy) is 3. The van der Waals surface area contributed by atoms with E-state index in [0.717, 1.165) is 0 Å². The van der Waals surface area contributed by atoms with E-state index in [-0.39, 0.29) is 18.7 Å². The molecule has 1 atom stereocenters. The second kappa shape index (κ2) is 5.27. The van der Waals surface area contributed by atoms with Crippen LogP contribution in [0.5, 0.6) is 11.5 Å². The fourth-order valence-corrected chi connectivity index (χ4v) is 2.50. The number of nitrogens with zero attached hydrogens (tertiary/aromatic N) is 1. The van der Waals surface area contributed by atoms with Gasteiger partial charge in [0.25, 0.3) is 5.91 Å². The van der Waals surface area contributed by atoms with Crippen molar-refractivity contribution in [1.29, 1.82) is 0 Å². The first kappa shape index (κ1) is 12.6. The first-order chi connectivity index (χ1) is 9.29. The van der Waals surface area contributed by atoms with Gasteiger partial charge in [0, 0.05) is 18.0 Å². The zero-order chi connectivity index (χ0) is 13.2. The molecule has 0 saturated carbocycles. The Kier molecular flexibility index (Phi) is 3.48. The van der Waals surface area contributed by atoms with Crippen LogP contribution in [-0.2, 0) is 4.74 Å². The minimum absolute atomic E-state index is 0.0488. The number of hydrogen-bond donors (Lipinski definition) is 0. The normalized spacial score (nSPS) is 21.5. The number of rotatable bonds is 2. The number of halogens is 1. The molecule has 1 saturated heterocycles. The highest BCUT2D eigenvalue weighted by molar-refractivity contribution is 6.18. The van der Waals surface area contributed by atoms with Crippen LogP contribution in [0.4, 0.5) is 0 Å². The second-order valence-corrected chi connectivity index (χ2v) is 4.76. The van der Waals surface area contributed by atoms with E-state index in [0.29, 0.717) is 42.7 Å². The molecule has 2 aliphatic heterocycles. The van der Waals surface area contributed by atoms with Crippen LogP contribution in [0, 0.1) is 0 Å². The van der Waals surface area contributed by atoms with Gasteiger partial charge in [-0.1, -0.05) is 0 Å². The number of fused-ring (bicyclic) bond motifs is 1. The van der Waals surface area contributed by atoms with Gasteiger partial charge in [-0.05, 0) is 18.2 Å². The Morgan fingerprint density at radius 2 is 2.21 bits per heavy atom. The van der Waals surface area contributed by atoms with E-state index in [1.165, 1.54) is 0 Å². The molecule has 2 aliphatic rings. The number of morpholine rings is 1. The standard InChI is InChI=1S/C13H14ClNO4/c14-6-10-7-17-4-3-15(10)13(16)9-1-2-11-12(5-9)19-8-18-11/h1-2,5,10H,3-4,6-8H2. The predicted molar refractivity (Wildman–Crippen MR) is 68.9 cm³/mol. The fourth-order valence-electron chi connectivity index (χ4n) is 2.25. The molecule has 2 heterocycles. The van der Waals surface area contributed by atoms with Gasteiger partial charge in [0.05, 0.1) is 19.3 Å². The lowest BCUT2D eigenvalue weighted by Crippen LogP contribution is -2.49. The van der Waals surface area contributed by atoms with Gasteiger partial charge >= 0.3 is 0 Å². The van der Waals surface area contributed by atoms with E-state index in [4.69, 9.17) is 25.8 Å². The Morgan fingerprint density at radius 3 is 3.05 bits per heavy atom. The van der Waals surface area contributed by atoms with Crippen LogP contribution in [0.15, 0.2) is 18.2 Å². The van der Waals surface area contributed by atoms with Crippen LogP contribution >= 0.6 is 11.6 Å². The van der Waals surface area contributed by atoms with Gasteiger partial charge < -0.3 is 19.1 Å². The van der Waals surface area contributed by atoms with E-state index < -0.39 is 0 Å². The van der Waals surface area contributed by atoms with E-state index in [9.17, 15) is 4.79 Å². The zero-order valence-corrected chi connectivity index (χ0v) is 11.1. The third-order valence-electron chi connectivity index (χ3n) is 3.29. The van der Waals surface area contributed by atoms with E-state index in [1.807, 2.05) is 0 Å². The molecule has 0 aliphatic carbocycles. The molecule has 1 fully saturated rings. The summed E-state index contributed by atoms with van der Waals surface area (Å²) in [6, 6.07) is 5.14. The average molecular weight is 284 g/mol. The summed E-state index contributed by atoms with van der Waals surface area (Å²) in [6.45, 7) is 1.79. The van der Waals surface area contributed by atoms with Crippen molar-refractivity contribution in [3.05, 3.63) is 23.8 Å². The summed E-state index contributed by atoms with van der Waals surface area (Å²) in [5.41, 5.74) is 0.585. The fraction of sp³-hybridized carbons (Fsp3) is 0.462. The van der Waals surface area contributed by atoms with Gasteiger partial charge in [-0.25, -0.2) is 0 Å². The van der Waals surface area contributed by atoms with Crippen molar-refractivity contribution in [1.82, 2.24) is 4.90 Å². The Labute approximate surface area is 116 Å². The summed E-state index contributed by atoms with van der Waals surface area (Å²) in [5.74, 6) is 1.61. The zero-order valence-electron chi connectivity index (χ0n) is 10.3. The minimum Gasteiger partial charge on any atom is -0.454 e. The van der Waals surface area contributed by atoms with Crippen LogP contribution in [0.1, 0.15) is 10.4 Å². The summed E-state index contributed by atoms with van der Waals surface area (Å²) in [6.07, 6.45) is 0. The highest BCUT2D eigenvalue weighted by atomic mass is 35.5. The van der Waals surface area contributed by atoms with Gasteiger partial charge in [-0.3, -0.25) is 4.79 Å². The van der Waals surface area contributed by atoms with Crippen molar-refractivity contribution in [2.45, 2.75) is 6.04 Å². The van der Waals surface area contributed by atoms with Crippen molar-refractivity contribution in [3.63, 3.8) is 0 Å². The van der Waals surface area contributed by atoms with Crippen molar-refractivity contribution in [3.8, 4) is 11.5 Å². The Bertz CT molecular complexity index is 494. The SMILES string of the molecule is O=C(c1ccc2c(c1)OCO2)N1CCOCC1CCl. The molecule has 1 unspecified atom stereocenters. The summed E-state index contributed by atoms with van der Waals surface area (Å²) in [4.78, 5) is 14.2. The molecule has 5 nitrogen and oxygen atoms in total. The molecule has 102 valence electrons. The second-order valence-electron chi connectivity index (χ2n) is 4.45. The Morgan fingerprint density at radius 1 is 1.37 bits per heavy atom. The van der Waals surface area contributed by atoms with Gasteiger partial charge in [-0.15, -0.1) is 11.6 Å². The average Bonchev–Trinajstić information content (AvgIpc) is 2.93. The smallest absolute Gasteiger partial charge is 0.254 e. The molecule has 1 aromatic carbocycles. The van der Waals surface area contributed by atoms with E-state index >= 15 is 0 Å². The number of benzene rings is 1. The maximum atomic E-state index is 12.5. The monoisotopic (exact) mass is 283 g/mol. The lowest BCUT2D eigenvalue weighted by atomic mass is 10.1. The third-order valence-corrected chi connectivity index (χ3v) is 3.64. The Hall–Kier alpha value is -1.46. The highest BCUT2D eigenvalue weighted by Gasteiger charge is 2.28. The lowest BCUT2D eigenvalue weighted by Gasteiger charge is -2.34. The van der Waals surface area contributed by atoms with Gasteiger partial charge in [0.2, 0.25) is 6.79 Å². The number of hydrogen-bond acceptors (Lipinski definition) is 4. The molecule has 0 N–H and O–H groups in total. The maximum absolute atomic E-state index is 12.5. The molecular weight excluding hydrogens is 270 g/mol. The molecule has 6 heteroatoms. The largest absolute Gasteiger partial charge is 0.454 e. The lowest BCUT2D eigenvalue weighted by molar-refractivity contribution is 0.00455. The van der Waals surface area contributed by atoms with Crippen LogP contribution in [0.25, 0.3) is 0 Å².